The molecule has 13 heavy (non-hydrogen) atoms. The first-order valence-electron chi connectivity index (χ1n) is 4.17. The van der Waals surface area contributed by atoms with Crippen LogP contribution in [0.5, 0.6) is 0 Å². The fraction of sp³-hybridized carbons (Fsp3) is 0.400. The Morgan fingerprint density at radius 2 is 2.08 bits per heavy atom. The Morgan fingerprint density at radius 3 is 2.62 bits per heavy atom. The summed E-state index contributed by atoms with van der Waals surface area (Å²) in [5.74, 6) is 0. The molecule has 1 rings (SSSR count). The lowest BCUT2D eigenvalue weighted by atomic mass is 10.1. The fourth-order valence-corrected chi connectivity index (χ4v) is 1.24. The summed E-state index contributed by atoms with van der Waals surface area (Å²) in [7, 11) is 1.79. The third kappa shape index (κ3) is 2.49. The lowest BCUT2D eigenvalue weighted by Gasteiger charge is -2.07. The van der Waals surface area contributed by atoms with Gasteiger partial charge in [-0.15, -0.1) is 0 Å². The third-order valence-electron chi connectivity index (χ3n) is 1.96. The summed E-state index contributed by atoms with van der Waals surface area (Å²) in [5, 5.41) is 2.92. The van der Waals surface area contributed by atoms with Crippen LogP contribution in [0.25, 0.3) is 0 Å². The van der Waals surface area contributed by atoms with Crippen LogP contribution in [-0.2, 0) is 6.54 Å². The van der Waals surface area contributed by atoms with E-state index in [1.807, 2.05) is 6.07 Å². The van der Waals surface area contributed by atoms with E-state index < -0.39 is 6.43 Å². The van der Waals surface area contributed by atoms with E-state index in [2.05, 4.69) is 5.32 Å². The van der Waals surface area contributed by atoms with Gasteiger partial charge < -0.3 is 5.32 Å². The molecule has 0 fully saturated rings. The summed E-state index contributed by atoms with van der Waals surface area (Å²) in [4.78, 5) is 0. The minimum absolute atomic E-state index is 0.132. The first-order chi connectivity index (χ1) is 6.15. The predicted molar refractivity (Wildman–Crippen MR) is 48.9 cm³/mol. The van der Waals surface area contributed by atoms with Crippen LogP contribution >= 0.6 is 0 Å². The van der Waals surface area contributed by atoms with Crippen molar-refractivity contribution >= 4 is 0 Å². The van der Waals surface area contributed by atoms with E-state index in [4.69, 9.17) is 0 Å². The van der Waals surface area contributed by atoms with Crippen LogP contribution in [0.1, 0.15) is 23.1 Å². The molecule has 3 heteroatoms. The van der Waals surface area contributed by atoms with Crippen molar-refractivity contribution < 1.29 is 8.78 Å². The Labute approximate surface area is 76.8 Å². The normalized spacial score (nSPS) is 10.8. The predicted octanol–water partition coefficient (Wildman–Crippen LogP) is 2.65. The van der Waals surface area contributed by atoms with Crippen LogP contribution < -0.4 is 5.32 Å². The molecule has 0 aromatic heterocycles. The van der Waals surface area contributed by atoms with Gasteiger partial charge in [-0.3, -0.25) is 0 Å². The van der Waals surface area contributed by atoms with Crippen molar-refractivity contribution in [2.75, 3.05) is 7.05 Å². The van der Waals surface area contributed by atoms with E-state index in [0.717, 1.165) is 5.56 Å². The van der Waals surface area contributed by atoms with Gasteiger partial charge in [0.2, 0.25) is 0 Å². The minimum atomic E-state index is -2.38. The van der Waals surface area contributed by atoms with Crippen molar-refractivity contribution in [2.24, 2.45) is 0 Å². The summed E-state index contributed by atoms with van der Waals surface area (Å²) in [5.41, 5.74) is 1.67. The fourth-order valence-electron chi connectivity index (χ4n) is 1.24. The number of alkyl halides is 2. The Morgan fingerprint density at radius 1 is 1.38 bits per heavy atom. The molecule has 1 aromatic rings. The highest BCUT2D eigenvalue weighted by Gasteiger charge is 2.10. The average Bonchev–Trinajstić information content (AvgIpc) is 2.08. The second-order valence-electron chi connectivity index (χ2n) is 3.02. The molecule has 0 unspecified atom stereocenters. The molecule has 1 aromatic carbocycles. The Hall–Kier alpha value is -0.960. The molecule has 0 amide bonds. The molecular weight excluding hydrogens is 172 g/mol. The molecule has 0 radical (unpaired) electrons. The van der Waals surface area contributed by atoms with Gasteiger partial charge in [-0.05, 0) is 31.2 Å². The molecule has 0 saturated heterocycles. The highest BCUT2D eigenvalue weighted by molar-refractivity contribution is 5.31. The van der Waals surface area contributed by atoms with E-state index in [9.17, 15) is 8.78 Å². The Kier molecular flexibility index (Phi) is 3.37. The molecule has 0 spiro atoms. The quantitative estimate of drug-likeness (QED) is 0.763. The van der Waals surface area contributed by atoms with Gasteiger partial charge in [0, 0.05) is 12.1 Å². The van der Waals surface area contributed by atoms with Gasteiger partial charge in [-0.25, -0.2) is 8.78 Å². The van der Waals surface area contributed by atoms with Crippen LogP contribution in [-0.4, -0.2) is 7.05 Å². The van der Waals surface area contributed by atoms with Gasteiger partial charge in [0.15, 0.2) is 0 Å². The zero-order valence-corrected chi connectivity index (χ0v) is 7.77. The summed E-state index contributed by atoms with van der Waals surface area (Å²) in [6.07, 6.45) is -2.38. The maximum Gasteiger partial charge on any atom is 0.264 e. The van der Waals surface area contributed by atoms with Crippen LogP contribution in [0.4, 0.5) is 8.78 Å². The van der Waals surface area contributed by atoms with Crippen molar-refractivity contribution in [3.05, 3.63) is 34.9 Å². The van der Waals surface area contributed by atoms with E-state index >= 15 is 0 Å². The van der Waals surface area contributed by atoms with Gasteiger partial charge in [-0.1, -0.05) is 12.1 Å². The van der Waals surface area contributed by atoms with Gasteiger partial charge in [0.25, 0.3) is 6.43 Å². The zero-order valence-electron chi connectivity index (χ0n) is 7.77. The molecule has 0 aliphatic carbocycles. The van der Waals surface area contributed by atoms with Gasteiger partial charge in [0.1, 0.15) is 0 Å². The molecule has 0 saturated carbocycles. The molecule has 0 atom stereocenters. The number of nitrogens with one attached hydrogen (secondary N) is 1. The van der Waals surface area contributed by atoms with Crippen LogP contribution in [0, 0.1) is 6.92 Å². The number of benzene rings is 1. The molecule has 0 bridgehead atoms. The van der Waals surface area contributed by atoms with E-state index in [1.54, 1.807) is 26.1 Å². The molecule has 1 nitrogen and oxygen atoms in total. The first kappa shape index (κ1) is 10.1. The van der Waals surface area contributed by atoms with Crippen LogP contribution in [0.3, 0.4) is 0 Å². The second kappa shape index (κ2) is 4.33. The second-order valence-corrected chi connectivity index (χ2v) is 3.02. The molecule has 0 aliphatic heterocycles. The topological polar surface area (TPSA) is 12.0 Å². The summed E-state index contributed by atoms with van der Waals surface area (Å²) < 4.78 is 24.9. The number of hydrogen-bond acceptors (Lipinski definition) is 1. The molecule has 72 valence electrons. The van der Waals surface area contributed by atoms with Crippen molar-refractivity contribution in [3.8, 4) is 0 Å². The third-order valence-corrected chi connectivity index (χ3v) is 1.96. The van der Waals surface area contributed by atoms with Crippen molar-refractivity contribution in [2.45, 2.75) is 19.9 Å². The monoisotopic (exact) mass is 185 g/mol. The standard InChI is InChI=1S/C10H13F2N/c1-7-3-4-8(6-13-2)5-9(7)10(11)12/h3-5,10,13H,6H2,1-2H3. The lowest BCUT2D eigenvalue weighted by Crippen LogP contribution is -2.05. The zero-order chi connectivity index (χ0) is 9.84. The SMILES string of the molecule is CNCc1ccc(C)c(C(F)F)c1. The first-order valence-corrected chi connectivity index (χ1v) is 4.17. The molecule has 1 N–H and O–H groups in total. The smallest absolute Gasteiger partial charge is 0.264 e. The van der Waals surface area contributed by atoms with Gasteiger partial charge in [-0.2, -0.15) is 0 Å². The number of hydrogen-bond donors (Lipinski definition) is 1. The van der Waals surface area contributed by atoms with Crippen molar-refractivity contribution in [1.82, 2.24) is 5.32 Å². The summed E-state index contributed by atoms with van der Waals surface area (Å²) in [6.45, 7) is 2.32. The van der Waals surface area contributed by atoms with E-state index in [1.165, 1.54) is 0 Å². The van der Waals surface area contributed by atoms with Crippen molar-refractivity contribution in [3.63, 3.8) is 0 Å². The van der Waals surface area contributed by atoms with Crippen LogP contribution in [0.15, 0.2) is 18.2 Å². The summed E-state index contributed by atoms with van der Waals surface area (Å²) in [6, 6.07) is 5.14. The maximum absolute atomic E-state index is 12.4. The largest absolute Gasteiger partial charge is 0.316 e. The average molecular weight is 185 g/mol. The summed E-state index contributed by atoms with van der Waals surface area (Å²) >= 11 is 0. The molecule has 0 heterocycles. The maximum atomic E-state index is 12.4. The number of rotatable bonds is 3. The molecule has 0 aliphatic rings. The highest BCUT2D eigenvalue weighted by atomic mass is 19.3. The number of halogens is 2. The highest BCUT2D eigenvalue weighted by Crippen LogP contribution is 2.23. The lowest BCUT2D eigenvalue weighted by molar-refractivity contribution is 0.150. The Bertz CT molecular complexity index is 284. The minimum Gasteiger partial charge on any atom is -0.316 e. The molecular formula is C10H13F2N. The van der Waals surface area contributed by atoms with E-state index in [-0.39, 0.29) is 5.56 Å². The number of aryl methyl sites for hydroxylation is 1. The van der Waals surface area contributed by atoms with Gasteiger partial charge >= 0.3 is 0 Å². The van der Waals surface area contributed by atoms with E-state index in [0.29, 0.717) is 12.1 Å². The van der Waals surface area contributed by atoms with Gasteiger partial charge in [0.05, 0.1) is 0 Å². The van der Waals surface area contributed by atoms with Crippen molar-refractivity contribution in [1.29, 1.82) is 0 Å². The van der Waals surface area contributed by atoms with Crippen LogP contribution in [0.2, 0.25) is 0 Å². The Balaban J connectivity index is 2.97.